The number of nitrogens with zero attached hydrogens (tertiary/aromatic N) is 2. The number of methoxy groups -OCH3 is 1. The van der Waals surface area contributed by atoms with Gasteiger partial charge in [-0.3, -0.25) is 4.79 Å². The van der Waals surface area contributed by atoms with Crippen LogP contribution in [-0.2, 0) is 4.79 Å². The van der Waals surface area contributed by atoms with E-state index in [0.29, 0.717) is 18.0 Å². The molecule has 0 spiro atoms. The molecule has 1 heterocycles. The molecule has 5 nitrogen and oxygen atoms in total. The topological polar surface area (TPSA) is 42.0 Å². The van der Waals surface area contributed by atoms with Gasteiger partial charge in [0.05, 0.1) is 19.3 Å². The van der Waals surface area contributed by atoms with Crippen molar-refractivity contribution in [3.8, 4) is 11.5 Å². The molecule has 3 rings (SSSR count). The van der Waals surface area contributed by atoms with Crippen molar-refractivity contribution in [3.63, 3.8) is 0 Å². The minimum atomic E-state index is 0.0217. The summed E-state index contributed by atoms with van der Waals surface area (Å²) in [6.45, 7) is 6.37. The second-order valence-electron chi connectivity index (χ2n) is 7.63. The van der Waals surface area contributed by atoms with E-state index in [0.717, 1.165) is 24.2 Å². The van der Waals surface area contributed by atoms with Gasteiger partial charge >= 0.3 is 0 Å². The molecule has 1 unspecified atom stereocenters. The Bertz CT molecular complexity index is 848. The first kappa shape index (κ1) is 20.9. The maximum atomic E-state index is 13.0. The summed E-state index contributed by atoms with van der Waals surface area (Å²) < 4.78 is 11.2. The molecule has 0 N–H and O–H groups in total. The van der Waals surface area contributed by atoms with Crippen molar-refractivity contribution in [2.24, 2.45) is 0 Å². The van der Waals surface area contributed by atoms with E-state index < -0.39 is 0 Å². The van der Waals surface area contributed by atoms with Crippen molar-refractivity contribution < 1.29 is 14.3 Å². The number of rotatable bonds is 6. The predicted octanol–water partition coefficient (Wildman–Crippen LogP) is 4.01. The van der Waals surface area contributed by atoms with Gasteiger partial charge in [0, 0.05) is 25.7 Å². The summed E-state index contributed by atoms with van der Waals surface area (Å²) in [6.07, 6.45) is 3.56. The fourth-order valence-corrected chi connectivity index (χ4v) is 3.55. The largest absolute Gasteiger partial charge is 0.493 e. The first-order valence-electron chi connectivity index (χ1n) is 10.0. The summed E-state index contributed by atoms with van der Waals surface area (Å²) in [6, 6.07) is 16.0. The zero-order valence-corrected chi connectivity index (χ0v) is 17.7. The third-order valence-electron chi connectivity index (χ3n) is 5.02. The predicted molar refractivity (Wildman–Crippen MR) is 116 cm³/mol. The average Bonchev–Trinajstić information content (AvgIpc) is 2.73. The summed E-state index contributed by atoms with van der Waals surface area (Å²) in [5.41, 5.74) is 2.06. The fourth-order valence-electron chi connectivity index (χ4n) is 3.55. The lowest BCUT2D eigenvalue weighted by Crippen LogP contribution is -2.48. The number of ether oxygens (including phenoxy) is 2. The molecule has 0 aromatic heterocycles. The highest BCUT2D eigenvalue weighted by Gasteiger charge is 2.28. The van der Waals surface area contributed by atoms with Crippen molar-refractivity contribution in [2.75, 3.05) is 33.8 Å². The number of benzene rings is 2. The van der Waals surface area contributed by atoms with Gasteiger partial charge in [0.25, 0.3) is 0 Å². The van der Waals surface area contributed by atoms with Crippen LogP contribution in [0.2, 0.25) is 0 Å². The second kappa shape index (κ2) is 9.61. The molecule has 0 aliphatic carbocycles. The number of amides is 1. The lowest BCUT2D eigenvalue weighted by molar-refractivity contribution is -0.130. The molecule has 5 heteroatoms. The van der Waals surface area contributed by atoms with Crippen LogP contribution in [0.5, 0.6) is 11.5 Å². The van der Waals surface area contributed by atoms with E-state index in [-0.39, 0.29) is 18.1 Å². The van der Waals surface area contributed by atoms with Crippen LogP contribution in [0.15, 0.2) is 54.6 Å². The molecular weight excluding hydrogens is 364 g/mol. The molecule has 1 atom stereocenters. The van der Waals surface area contributed by atoms with E-state index in [4.69, 9.17) is 9.47 Å². The summed E-state index contributed by atoms with van der Waals surface area (Å²) >= 11 is 0. The van der Waals surface area contributed by atoms with Crippen LogP contribution >= 0.6 is 0 Å². The van der Waals surface area contributed by atoms with Crippen LogP contribution in [0.1, 0.15) is 31.0 Å². The number of carbonyl (C=O) groups is 1. The zero-order chi connectivity index (χ0) is 20.8. The van der Waals surface area contributed by atoms with Crippen LogP contribution < -0.4 is 9.47 Å². The molecule has 1 amide bonds. The average molecular weight is 395 g/mol. The molecule has 0 bridgehead atoms. The maximum absolute atomic E-state index is 13.0. The first-order valence-corrected chi connectivity index (χ1v) is 10.0. The van der Waals surface area contributed by atoms with E-state index in [2.05, 4.69) is 24.1 Å². The highest BCUT2D eigenvalue weighted by atomic mass is 16.5. The van der Waals surface area contributed by atoms with Crippen molar-refractivity contribution in [1.82, 2.24) is 9.80 Å². The van der Waals surface area contributed by atoms with Crippen LogP contribution in [0.4, 0.5) is 0 Å². The van der Waals surface area contributed by atoms with Crippen LogP contribution in [-0.4, -0.2) is 55.6 Å². The Kier molecular flexibility index (Phi) is 6.94. The molecule has 1 fully saturated rings. The second-order valence-corrected chi connectivity index (χ2v) is 7.63. The maximum Gasteiger partial charge on any atom is 0.247 e. The Morgan fingerprint density at radius 1 is 1.10 bits per heavy atom. The van der Waals surface area contributed by atoms with E-state index in [1.54, 1.807) is 13.2 Å². The van der Waals surface area contributed by atoms with E-state index >= 15 is 0 Å². The molecular formula is C24H30N2O3. The number of hydrogen-bond acceptors (Lipinski definition) is 4. The molecule has 29 heavy (non-hydrogen) atoms. The summed E-state index contributed by atoms with van der Waals surface area (Å²) in [5, 5.41) is 0. The highest BCUT2D eigenvalue weighted by molar-refractivity contribution is 5.92. The quantitative estimate of drug-likeness (QED) is 0.694. The first-order chi connectivity index (χ1) is 14.0. The number of carbonyl (C=O) groups excluding carboxylic acids is 1. The number of piperazine rings is 1. The summed E-state index contributed by atoms with van der Waals surface area (Å²) in [4.78, 5) is 17.2. The molecule has 1 saturated heterocycles. The van der Waals surface area contributed by atoms with Crippen molar-refractivity contribution in [2.45, 2.75) is 26.0 Å². The Morgan fingerprint density at radius 3 is 2.55 bits per heavy atom. The van der Waals surface area contributed by atoms with Gasteiger partial charge in [0.2, 0.25) is 5.91 Å². The fraction of sp³-hybridized carbons (Fsp3) is 0.375. The van der Waals surface area contributed by atoms with Crippen molar-refractivity contribution in [3.05, 3.63) is 65.7 Å². The van der Waals surface area contributed by atoms with Gasteiger partial charge in [-0.25, -0.2) is 0 Å². The number of hydrogen-bond donors (Lipinski definition) is 0. The third-order valence-corrected chi connectivity index (χ3v) is 5.02. The lowest BCUT2D eigenvalue weighted by atomic mass is 10.0. The van der Waals surface area contributed by atoms with Crippen molar-refractivity contribution >= 4 is 12.0 Å². The van der Waals surface area contributed by atoms with Crippen molar-refractivity contribution in [1.29, 1.82) is 0 Å². The van der Waals surface area contributed by atoms with E-state index in [1.807, 2.05) is 61.2 Å². The monoisotopic (exact) mass is 394 g/mol. The van der Waals surface area contributed by atoms with Gasteiger partial charge in [-0.1, -0.05) is 36.4 Å². The molecule has 1 aliphatic rings. The molecule has 1 aliphatic heterocycles. The number of likely N-dealkylation sites (N-methyl/N-ethyl adjacent to an activating group) is 1. The van der Waals surface area contributed by atoms with E-state index in [9.17, 15) is 4.79 Å². The minimum Gasteiger partial charge on any atom is -0.493 e. The van der Waals surface area contributed by atoms with Crippen LogP contribution in [0.25, 0.3) is 6.08 Å². The molecule has 0 radical (unpaired) electrons. The van der Waals surface area contributed by atoms with Gasteiger partial charge in [0.15, 0.2) is 11.5 Å². The Labute approximate surface area is 173 Å². The van der Waals surface area contributed by atoms with Gasteiger partial charge in [0.1, 0.15) is 0 Å². The van der Waals surface area contributed by atoms with Gasteiger partial charge < -0.3 is 19.3 Å². The minimum absolute atomic E-state index is 0.0217. The summed E-state index contributed by atoms with van der Waals surface area (Å²) in [7, 11) is 3.72. The van der Waals surface area contributed by atoms with Crippen LogP contribution in [0.3, 0.4) is 0 Å². The van der Waals surface area contributed by atoms with E-state index in [1.165, 1.54) is 0 Å². The van der Waals surface area contributed by atoms with Crippen LogP contribution in [0, 0.1) is 0 Å². The summed E-state index contributed by atoms with van der Waals surface area (Å²) in [5.74, 6) is 1.39. The standard InChI is InChI=1S/C24H30N2O3/c1-18(2)29-22-12-10-19(16-23(22)28-4)11-13-24(27)26-15-14-25(3)17-21(26)20-8-6-5-7-9-20/h5-13,16,18,21H,14-15,17H2,1-4H3/b13-11+. The molecule has 154 valence electrons. The smallest absolute Gasteiger partial charge is 0.247 e. The highest BCUT2D eigenvalue weighted by Crippen LogP contribution is 2.30. The SMILES string of the molecule is COc1cc(/C=C/C(=O)N2CCN(C)CC2c2ccccc2)ccc1OC(C)C. The van der Waals surface area contributed by atoms with Gasteiger partial charge in [-0.05, 0) is 50.2 Å². The van der Waals surface area contributed by atoms with Gasteiger partial charge in [-0.2, -0.15) is 0 Å². The Balaban J connectivity index is 1.76. The third kappa shape index (κ3) is 5.39. The molecule has 2 aromatic carbocycles. The zero-order valence-electron chi connectivity index (χ0n) is 17.7. The van der Waals surface area contributed by atoms with Gasteiger partial charge in [-0.15, -0.1) is 0 Å². The molecule has 0 saturated carbocycles. The Morgan fingerprint density at radius 2 is 1.86 bits per heavy atom. The Hall–Kier alpha value is -2.79. The normalized spacial score (nSPS) is 17.7. The molecule has 2 aromatic rings. The lowest BCUT2D eigenvalue weighted by Gasteiger charge is -2.40.